The van der Waals surface area contributed by atoms with Crippen LogP contribution in [0.3, 0.4) is 0 Å². The fourth-order valence-corrected chi connectivity index (χ4v) is 1.53. The molecular weight excluding hydrogens is 230 g/mol. The van der Waals surface area contributed by atoms with E-state index in [9.17, 15) is 4.79 Å². The quantitative estimate of drug-likeness (QED) is 0.881. The SMILES string of the molecule is CNC(=O)COc1ccc(-c2cnn(C)c2)cc1. The molecule has 0 aliphatic heterocycles. The smallest absolute Gasteiger partial charge is 0.257 e. The van der Waals surface area contributed by atoms with Gasteiger partial charge in [0, 0.05) is 25.9 Å². The van der Waals surface area contributed by atoms with E-state index in [-0.39, 0.29) is 12.5 Å². The van der Waals surface area contributed by atoms with Crippen LogP contribution in [0.1, 0.15) is 0 Å². The van der Waals surface area contributed by atoms with Crippen LogP contribution < -0.4 is 10.1 Å². The summed E-state index contributed by atoms with van der Waals surface area (Å²) in [7, 11) is 3.46. The third-order valence-electron chi connectivity index (χ3n) is 2.54. The number of carbonyl (C=O) groups is 1. The van der Waals surface area contributed by atoms with Crippen LogP contribution in [0.15, 0.2) is 36.7 Å². The molecule has 1 N–H and O–H groups in total. The first-order valence-electron chi connectivity index (χ1n) is 5.61. The molecule has 0 saturated carbocycles. The monoisotopic (exact) mass is 245 g/mol. The highest BCUT2D eigenvalue weighted by molar-refractivity contribution is 5.77. The summed E-state index contributed by atoms with van der Waals surface area (Å²) in [4.78, 5) is 11.0. The summed E-state index contributed by atoms with van der Waals surface area (Å²) in [6.07, 6.45) is 3.75. The van der Waals surface area contributed by atoms with Gasteiger partial charge in [-0.2, -0.15) is 5.10 Å². The number of nitrogens with zero attached hydrogens (tertiary/aromatic N) is 2. The molecule has 0 spiro atoms. The zero-order valence-electron chi connectivity index (χ0n) is 10.4. The second kappa shape index (κ2) is 5.35. The minimum atomic E-state index is -0.147. The van der Waals surface area contributed by atoms with Gasteiger partial charge in [-0.15, -0.1) is 0 Å². The molecule has 0 saturated heterocycles. The summed E-state index contributed by atoms with van der Waals surface area (Å²) in [5, 5.41) is 6.62. The van der Waals surface area contributed by atoms with Crippen molar-refractivity contribution in [2.24, 2.45) is 7.05 Å². The van der Waals surface area contributed by atoms with Crippen LogP contribution in [0.5, 0.6) is 5.75 Å². The van der Waals surface area contributed by atoms with Gasteiger partial charge in [-0.05, 0) is 17.7 Å². The Hall–Kier alpha value is -2.30. The van der Waals surface area contributed by atoms with Crippen molar-refractivity contribution in [1.82, 2.24) is 15.1 Å². The van der Waals surface area contributed by atoms with E-state index in [1.165, 1.54) is 0 Å². The van der Waals surface area contributed by atoms with Gasteiger partial charge in [-0.3, -0.25) is 9.48 Å². The van der Waals surface area contributed by atoms with Gasteiger partial charge in [0.25, 0.3) is 5.91 Å². The van der Waals surface area contributed by atoms with Crippen molar-refractivity contribution in [3.05, 3.63) is 36.7 Å². The Labute approximate surface area is 105 Å². The highest BCUT2D eigenvalue weighted by Crippen LogP contribution is 2.21. The third kappa shape index (κ3) is 2.88. The maximum absolute atomic E-state index is 11.0. The highest BCUT2D eigenvalue weighted by Gasteiger charge is 2.02. The molecule has 0 unspecified atom stereocenters. The van der Waals surface area contributed by atoms with Gasteiger partial charge in [0.1, 0.15) is 5.75 Å². The van der Waals surface area contributed by atoms with Crippen LogP contribution >= 0.6 is 0 Å². The van der Waals surface area contributed by atoms with Crippen molar-refractivity contribution >= 4 is 5.91 Å². The van der Waals surface area contributed by atoms with Crippen molar-refractivity contribution in [1.29, 1.82) is 0 Å². The fourth-order valence-electron chi connectivity index (χ4n) is 1.53. The number of amides is 1. The van der Waals surface area contributed by atoms with Crippen LogP contribution in [0.2, 0.25) is 0 Å². The standard InChI is InChI=1S/C13H15N3O2/c1-14-13(17)9-18-12-5-3-10(4-6-12)11-7-15-16(2)8-11/h3-8H,9H2,1-2H3,(H,14,17). The lowest BCUT2D eigenvalue weighted by Gasteiger charge is -2.05. The van der Waals surface area contributed by atoms with Crippen molar-refractivity contribution in [2.45, 2.75) is 0 Å². The van der Waals surface area contributed by atoms with E-state index in [1.54, 1.807) is 17.9 Å². The lowest BCUT2D eigenvalue weighted by molar-refractivity contribution is -0.122. The molecular formula is C13H15N3O2. The normalized spacial score (nSPS) is 10.1. The number of aromatic nitrogens is 2. The second-order valence-electron chi connectivity index (χ2n) is 3.89. The Bertz CT molecular complexity index is 531. The van der Waals surface area contributed by atoms with E-state index in [2.05, 4.69) is 10.4 Å². The summed E-state index contributed by atoms with van der Waals surface area (Å²) < 4.78 is 7.08. The fraction of sp³-hybridized carbons (Fsp3) is 0.231. The summed E-state index contributed by atoms with van der Waals surface area (Å²) >= 11 is 0. The molecule has 1 heterocycles. The second-order valence-corrected chi connectivity index (χ2v) is 3.89. The Balaban J connectivity index is 2.03. The van der Waals surface area contributed by atoms with Gasteiger partial charge in [-0.25, -0.2) is 0 Å². The molecule has 2 rings (SSSR count). The maximum atomic E-state index is 11.0. The van der Waals surface area contributed by atoms with E-state index in [1.807, 2.05) is 37.5 Å². The number of carbonyl (C=O) groups excluding carboxylic acids is 1. The van der Waals surface area contributed by atoms with Crippen LogP contribution in [-0.4, -0.2) is 29.3 Å². The van der Waals surface area contributed by atoms with Gasteiger partial charge in [0.15, 0.2) is 6.61 Å². The highest BCUT2D eigenvalue weighted by atomic mass is 16.5. The van der Waals surface area contributed by atoms with Gasteiger partial charge in [0.2, 0.25) is 0 Å². The first-order valence-corrected chi connectivity index (χ1v) is 5.61. The number of hydrogen-bond donors (Lipinski definition) is 1. The number of benzene rings is 1. The molecule has 1 aromatic carbocycles. The van der Waals surface area contributed by atoms with Gasteiger partial charge in [0.05, 0.1) is 6.20 Å². The largest absolute Gasteiger partial charge is 0.484 e. The number of rotatable bonds is 4. The molecule has 5 heteroatoms. The average molecular weight is 245 g/mol. The summed E-state index contributed by atoms with van der Waals surface area (Å²) in [6, 6.07) is 7.56. The summed E-state index contributed by atoms with van der Waals surface area (Å²) in [6.45, 7) is 0.0305. The van der Waals surface area contributed by atoms with Crippen molar-refractivity contribution in [3.8, 4) is 16.9 Å². The Morgan fingerprint density at radius 1 is 1.33 bits per heavy atom. The lowest BCUT2D eigenvalue weighted by Crippen LogP contribution is -2.24. The molecule has 2 aromatic rings. The lowest BCUT2D eigenvalue weighted by atomic mass is 10.1. The molecule has 0 fully saturated rings. The van der Waals surface area contributed by atoms with Crippen molar-refractivity contribution in [3.63, 3.8) is 0 Å². The number of aryl methyl sites for hydroxylation is 1. The number of ether oxygens (including phenoxy) is 1. The number of nitrogens with one attached hydrogen (secondary N) is 1. The van der Waals surface area contributed by atoms with E-state index in [0.29, 0.717) is 5.75 Å². The minimum Gasteiger partial charge on any atom is -0.484 e. The molecule has 18 heavy (non-hydrogen) atoms. The molecule has 0 bridgehead atoms. The molecule has 1 amide bonds. The van der Waals surface area contributed by atoms with Crippen LogP contribution in [-0.2, 0) is 11.8 Å². The summed E-state index contributed by atoms with van der Waals surface area (Å²) in [5.74, 6) is 0.526. The predicted molar refractivity (Wildman–Crippen MR) is 68.2 cm³/mol. The zero-order chi connectivity index (χ0) is 13.0. The molecule has 94 valence electrons. The average Bonchev–Trinajstić information content (AvgIpc) is 2.83. The maximum Gasteiger partial charge on any atom is 0.257 e. The first kappa shape index (κ1) is 12.2. The van der Waals surface area contributed by atoms with E-state index in [0.717, 1.165) is 11.1 Å². The molecule has 1 aromatic heterocycles. The Kier molecular flexibility index (Phi) is 3.62. The van der Waals surface area contributed by atoms with E-state index < -0.39 is 0 Å². The number of hydrogen-bond acceptors (Lipinski definition) is 3. The summed E-state index contributed by atoms with van der Waals surface area (Å²) in [5.41, 5.74) is 2.12. The zero-order valence-corrected chi connectivity index (χ0v) is 10.4. The minimum absolute atomic E-state index is 0.0305. The third-order valence-corrected chi connectivity index (χ3v) is 2.54. The Morgan fingerprint density at radius 2 is 2.06 bits per heavy atom. The number of likely N-dealkylation sites (N-methyl/N-ethyl adjacent to an activating group) is 1. The van der Waals surface area contributed by atoms with Crippen molar-refractivity contribution < 1.29 is 9.53 Å². The molecule has 0 atom stereocenters. The molecule has 5 nitrogen and oxygen atoms in total. The van der Waals surface area contributed by atoms with Gasteiger partial charge >= 0.3 is 0 Å². The van der Waals surface area contributed by atoms with Gasteiger partial charge < -0.3 is 10.1 Å². The van der Waals surface area contributed by atoms with E-state index in [4.69, 9.17) is 4.74 Å². The molecule has 0 radical (unpaired) electrons. The van der Waals surface area contributed by atoms with Crippen LogP contribution in [0.25, 0.3) is 11.1 Å². The van der Waals surface area contributed by atoms with E-state index >= 15 is 0 Å². The molecule has 0 aliphatic rings. The predicted octanol–water partition coefficient (Wildman–Crippen LogP) is 1.21. The van der Waals surface area contributed by atoms with Crippen LogP contribution in [0.4, 0.5) is 0 Å². The first-order chi connectivity index (χ1) is 8.69. The Morgan fingerprint density at radius 3 is 2.61 bits per heavy atom. The van der Waals surface area contributed by atoms with Gasteiger partial charge in [-0.1, -0.05) is 12.1 Å². The van der Waals surface area contributed by atoms with Crippen molar-refractivity contribution in [2.75, 3.05) is 13.7 Å². The topological polar surface area (TPSA) is 56.1 Å². The van der Waals surface area contributed by atoms with Crippen LogP contribution in [0, 0.1) is 0 Å². The molecule has 0 aliphatic carbocycles.